The van der Waals surface area contributed by atoms with Gasteiger partial charge in [-0.2, -0.15) is 0 Å². The van der Waals surface area contributed by atoms with E-state index in [1.54, 1.807) is 6.07 Å². The zero-order valence-electron chi connectivity index (χ0n) is 7.26. The topological polar surface area (TPSA) is 66.4 Å². The first-order valence-electron chi connectivity index (χ1n) is 4.42. The SMILES string of the molecule is O=C1NC(=O)c2c3c(O)cc(c21)CC3. The number of carbonyl (C=O) groups is 2. The van der Waals surface area contributed by atoms with Crippen LogP contribution in [0.15, 0.2) is 6.07 Å². The zero-order chi connectivity index (χ0) is 9.87. The van der Waals surface area contributed by atoms with Gasteiger partial charge in [0, 0.05) is 5.56 Å². The van der Waals surface area contributed by atoms with Crippen molar-refractivity contribution < 1.29 is 14.7 Å². The van der Waals surface area contributed by atoms with Crippen LogP contribution in [0.1, 0.15) is 31.8 Å². The number of amides is 2. The molecule has 3 aliphatic rings. The fraction of sp³-hybridized carbons (Fsp3) is 0.200. The Morgan fingerprint density at radius 3 is 2.57 bits per heavy atom. The molecule has 0 atom stereocenters. The molecule has 4 nitrogen and oxygen atoms in total. The summed E-state index contributed by atoms with van der Waals surface area (Å²) in [6, 6.07) is 1.58. The predicted octanol–water partition coefficient (Wildman–Crippen LogP) is 0.374. The van der Waals surface area contributed by atoms with Gasteiger partial charge in [0.15, 0.2) is 0 Å². The van der Waals surface area contributed by atoms with E-state index in [0.29, 0.717) is 23.1 Å². The van der Waals surface area contributed by atoms with Gasteiger partial charge in [-0.15, -0.1) is 0 Å². The molecule has 2 bridgehead atoms. The molecular formula is C10H7NO3. The molecule has 2 aliphatic carbocycles. The zero-order valence-corrected chi connectivity index (χ0v) is 7.26. The van der Waals surface area contributed by atoms with Crippen LogP contribution in [0.4, 0.5) is 0 Å². The highest BCUT2D eigenvalue weighted by Crippen LogP contribution is 2.36. The first-order chi connectivity index (χ1) is 6.68. The Kier molecular flexibility index (Phi) is 1.16. The monoisotopic (exact) mass is 189 g/mol. The van der Waals surface area contributed by atoms with Crippen molar-refractivity contribution in [2.75, 3.05) is 0 Å². The van der Waals surface area contributed by atoms with Crippen molar-refractivity contribution >= 4 is 11.8 Å². The number of imide groups is 1. The third-order valence-corrected chi connectivity index (χ3v) is 2.82. The summed E-state index contributed by atoms with van der Waals surface area (Å²) in [7, 11) is 0. The van der Waals surface area contributed by atoms with E-state index in [1.165, 1.54) is 0 Å². The van der Waals surface area contributed by atoms with E-state index in [2.05, 4.69) is 5.32 Å². The van der Waals surface area contributed by atoms with Crippen molar-refractivity contribution in [3.63, 3.8) is 0 Å². The minimum atomic E-state index is -0.378. The molecule has 1 aromatic rings. The fourth-order valence-electron chi connectivity index (χ4n) is 2.21. The van der Waals surface area contributed by atoms with Crippen molar-refractivity contribution in [2.24, 2.45) is 0 Å². The Hall–Kier alpha value is -1.84. The Labute approximate surface area is 79.5 Å². The van der Waals surface area contributed by atoms with E-state index in [1.807, 2.05) is 0 Å². The van der Waals surface area contributed by atoms with Crippen molar-refractivity contribution in [3.8, 4) is 5.75 Å². The third kappa shape index (κ3) is 0.690. The highest BCUT2D eigenvalue weighted by molar-refractivity contribution is 6.23. The van der Waals surface area contributed by atoms with Crippen molar-refractivity contribution in [1.29, 1.82) is 0 Å². The summed E-state index contributed by atoms with van der Waals surface area (Å²) >= 11 is 0. The number of hydrogen-bond acceptors (Lipinski definition) is 3. The third-order valence-electron chi connectivity index (χ3n) is 2.82. The largest absolute Gasteiger partial charge is 0.508 e. The summed E-state index contributed by atoms with van der Waals surface area (Å²) in [5.74, 6) is -0.576. The Morgan fingerprint density at radius 2 is 1.86 bits per heavy atom. The molecule has 1 aliphatic heterocycles. The highest BCUT2D eigenvalue weighted by atomic mass is 16.3. The maximum Gasteiger partial charge on any atom is 0.259 e. The molecule has 0 radical (unpaired) electrons. The molecule has 2 N–H and O–H groups in total. The van der Waals surface area contributed by atoms with Gasteiger partial charge in [0.25, 0.3) is 11.8 Å². The van der Waals surface area contributed by atoms with Crippen LogP contribution in [0.2, 0.25) is 0 Å². The van der Waals surface area contributed by atoms with E-state index in [0.717, 1.165) is 12.0 Å². The van der Waals surface area contributed by atoms with Gasteiger partial charge in [-0.05, 0) is 24.5 Å². The van der Waals surface area contributed by atoms with Gasteiger partial charge >= 0.3 is 0 Å². The molecule has 14 heavy (non-hydrogen) atoms. The van der Waals surface area contributed by atoms with Crippen LogP contribution in [0.5, 0.6) is 5.75 Å². The number of aromatic hydroxyl groups is 1. The lowest BCUT2D eigenvalue weighted by atomic mass is 9.85. The van der Waals surface area contributed by atoms with E-state index in [-0.39, 0.29) is 17.6 Å². The molecule has 0 aromatic heterocycles. The van der Waals surface area contributed by atoms with Crippen molar-refractivity contribution in [2.45, 2.75) is 12.8 Å². The summed E-state index contributed by atoms with van der Waals surface area (Å²) in [5.41, 5.74) is 2.24. The van der Waals surface area contributed by atoms with Gasteiger partial charge in [-0.25, -0.2) is 0 Å². The fourth-order valence-corrected chi connectivity index (χ4v) is 2.21. The van der Waals surface area contributed by atoms with Gasteiger partial charge in [0.1, 0.15) is 5.75 Å². The lowest BCUT2D eigenvalue weighted by Gasteiger charge is -2.18. The van der Waals surface area contributed by atoms with Crippen molar-refractivity contribution in [1.82, 2.24) is 5.32 Å². The van der Waals surface area contributed by atoms with Crippen LogP contribution in [-0.2, 0) is 12.8 Å². The quantitative estimate of drug-likeness (QED) is 0.579. The van der Waals surface area contributed by atoms with Gasteiger partial charge < -0.3 is 5.11 Å². The average molecular weight is 189 g/mol. The molecule has 2 amide bonds. The van der Waals surface area contributed by atoms with E-state index in [9.17, 15) is 14.7 Å². The second kappa shape index (κ2) is 2.15. The normalized spacial score (nSPS) is 17.1. The minimum absolute atomic E-state index is 0.134. The van der Waals surface area contributed by atoms with Crippen LogP contribution in [-0.4, -0.2) is 16.9 Å². The molecule has 0 unspecified atom stereocenters. The molecule has 0 fully saturated rings. The molecular weight excluding hydrogens is 182 g/mol. The van der Waals surface area contributed by atoms with Gasteiger partial charge in [-0.3, -0.25) is 14.9 Å². The van der Waals surface area contributed by atoms with Gasteiger partial charge in [-0.1, -0.05) is 0 Å². The van der Waals surface area contributed by atoms with E-state index >= 15 is 0 Å². The Bertz CT molecular complexity index is 491. The molecule has 4 heteroatoms. The van der Waals surface area contributed by atoms with E-state index in [4.69, 9.17) is 0 Å². The Balaban J connectivity index is 2.45. The number of nitrogens with one attached hydrogen (secondary N) is 1. The van der Waals surface area contributed by atoms with Crippen molar-refractivity contribution in [3.05, 3.63) is 28.3 Å². The summed E-state index contributed by atoms with van der Waals surface area (Å²) in [4.78, 5) is 22.8. The van der Waals surface area contributed by atoms with Crippen LogP contribution in [0.25, 0.3) is 0 Å². The van der Waals surface area contributed by atoms with E-state index < -0.39 is 0 Å². The van der Waals surface area contributed by atoms with Crippen LogP contribution in [0, 0.1) is 0 Å². The first-order valence-corrected chi connectivity index (χ1v) is 4.42. The van der Waals surface area contributed by atoms with Gasteiger partial charge in [0.05, 0.1) is 11.1 Å². The summed E-state index contributed by atoms with van der Waals surface area (Å²) in [5, 5.41) is 11.8. The summed E-state index contributed by atoms with van der Waals surface area (Å²) in [6.07, 6.45) is 1.39. The molecule has 0 spiro atoms. The Morgan fingerprint density at radius 1 is 1.14 bits per heavy atom. The van der Waals surface area contributed by atoms with Crippen LogP contribution < -0.4 is 5.32 Å². The lowest BCUT2D eigenvalue weighted by molar-refractivity contribution is 0.0879. The highest BCUT2D eigenvalue weighted by Gasteiger charge is 2.36. The van der Waals surface area contributed by atoms with Gasteiger partial charge in [0.2, 0.25) is 0 Å². The van der Waals surface area contributed by atoms with Crippen LogP contribution in [0.3, 0.4) is 0 Å². The smallest absolute Gasteiger partial charge is 0.259 e. The maximum absolute atomic E-state index is 11.4. The molecule has 1 heterocycles. The second-order valence-corrected chi connectivity index (χ2v) is 3.57. The molecule has 70 valence electrons. The number of fused-ring (bicyclic) bond motifs is 2. The number of aryl methyl sites for hydroxylation is 1. The molecule has 0 saturated heterocycles. The first kappa shape index (κ1) is 7.55. The molecule has 4 rings (SSSR count). The predicted molar refractivity (Wildman–Crippen MR) is 47.3 cm³/mol. The van der Waals surface area contributed by atoms with Crippen LogP contribution >= 0.6 is 0 Å². The number of benzene rings is 1. The lowest BCUT2D eigenvalue weighted by Crippen LogP contribution is -2.20. The summed E-state index contributed by atoms with van der Waals surface area (Å²) < 4.78 is 0. The average Bonchev–Trinajstić information content (AvgIpc) is 2.45. The number of rotatable bonds is 0. The number of hydrogen-bond donors (Lipinski definition) is 2. The summed E-state index contributed by atoms with van der Waals surface area (Å²) in [6.45, 7) is 0. The minimum Gasteiger partial charge on any atom is -0.508 e. The standard InChI is InChI=1S/C10H7NO3/c12-6-3-4-1-2-5(6)8-7(4)9(13)11-10(8)14/h3,12H,1-2H2,(H,11,13,14). The molecule has 1 aromatic carbocycles. The maximum atomic E-state index is 11.4. The number of carbonyl (C=O) groups excluding carboxylic acids is 2. The number of phenols is 1. The second-order valence-electron chi connectivity index (χ2n) is 3.57. The molecule has 0 saturated carbocycles. The number of phenolic OH excluding ortho intramolecular Hbond substituents is 1.